The van der Waals surface area contributed by atoms with Gasteiger partial charge in [-0.3, -0.25) is 9.59 Å². The van der Waals surface area contributed by atoms with Gasteiger partial charge in [0.25, 0.3) is 0 Å². The van der Waals surface area contributed by atoms with Crippen molar-refractivity contribution in [1.29, 1.82) is 0 Å². The molecule has 0 bridgehead atoms. The van der Waals surface area contributed by atoms with Crippen LogP contribution in [0.5, 0.6) is 0 Å². The predicted molar refractivity (Wildman–Crippen MR) is 88.1 cm³/mol. The molecule has 0 saturated carbocycles. The number of ether oxygens (including phenoxy) is 1. The maximum atomic E-state index is 11.8. The number of fused-ring (bicyclic) bond motifs is 1. The van der Waals surface area contributed by atoms with Crippen molar-refractivity contribution < 1.29 is 14.3 Å². The summed E-state index contributed by atoms with van der Waals surface area (Å²) in [6.07, 6.45) is 4.39. The van der Waals surface area contributed by atoms with Crippen LogP contribution in [0.3, 0.4) is 0 Å². The van der Waals surface area contributed by atoms with Gasteiger partial charge in [-0.2, -0.15) is 0 Å². The number of carbonyl (C=O) groups is 2. The zero-order valence-corrected chi connectivity index (χ0v) is 13.2. The van der Waals surface area contributed by atoms with E-state index in [1.165, 1.54) is 0 Å². The van der Waals surface area contributed by atoms with Crippen LogP contribution < -0.4 is 10.6 Å². The Morgan fingerprint density at radius 2 is 2.04 bits per heavy atom. The van der Waals surface area contributed by atoms with Crippen molar-refractivity contribution in [2.75, 3.05) is 25.1 Å². The summed E-state index contributed by atoms with van der Waals surface area (Å²) in [6.45, 7) is 3.84. The van der Waals surface area contributed by atoms with Gasteiger partial charge in [-0.05, 0) is 31.0 Å². The van der Waals surface area contributed by atoms with Gasteiger partial charge in [0.15, 0.2) is 0 Å². The highest BCUT2D eigenvalue weighted by Crippen LogP contribution is 2.15. The third-order valence-electron chi connectivity index (χ3n) is 3.28. The van der Waals surface area contributed by atoms with E-state index in [9.17, 15) is 9.59 Å². The molecular weight excluding hydrogens is 296 g/mol. The Balaban J connectivity index is 1.69. The number of carbonyl (C=O) groups excluding carboxylic acids is 2. The van der Waals surface area contributed by atoms with E-state index >= 15 is 0 Å². The molecule has 0 fully saturated rings. The molecular formula is C16H22N4O3. The number of benzene rings is 1. The van der Waals surface area contributed by atoms with E-state index in [-0.39, 0.29) is 0 Å². The lowest BCUT2D eigenvalue weighted by molar-refractivity contribution is -0.136. The zero-order chi connectivity index (χ0) is 16.5. The van der Waals surface area contributed by atoms with Crippen LogP contribution in [0.1, 0.15) is 26.2 Å². The van der Waals surface area contributed by atoms with Gasteiger partial charge in [0.05, 0.1) is 17.4 Å². The van der Waals surface area contributed by atoms with E-state index in [0.29, 0.717) is 25.3 Å². The normalized spacial score (nSPS) is 10.7. The molecule has 0 atom stereocenters. The smallest absolute Gasteiger partial charge is 0.313 e. The van der Waals surface area contributed by atoms with Crippen LogP contribution in [0.4, 0.5) is 5.69 Å². The van der Waals surface area contributed by atoms with Crippen LogP contribution in [0.25, 0.3) is 11.0 Å². The van der Waals surface area contributed by atoms with E-state index in [2.05, 4.69) is 27.5 Å². The Morgan fingerprint density at radius 1 is 1.22 bits per heavy atom. The zero-order valence-electron chi connectivity index (χ0n) is 13.2. The number of hydrogen-bond acceptors (Lipinski definition) is 4. The second-order valence-corrected chi connectivity index (χ2v) is 5.16. The SMILES string of the molecule is CCCCOCCCNC(=O)C(=O)Nc1ccc2nc[nH]c2c1. The number of amides is 2. The fourth-order valence-electron chi connectivity index (χ4n) is 2.01. The van der Waals surface area contributed by atoms with E-state index in [4.69, 9.17) is 4.74 Å². The Bertz CT molecular complexity index is 654. The Labute approximate surface area is 134 Å². The van der Waals surface area contributed by atoms with Crippen LogP contribution >= 0.6 is 0 Å². The van der Waals surface area contributed by atoms with Gasteiger partial charge in [0.1, 0.15) is 0 Å². The van der Waals surface area contributed by atoms with Crippen molar-refractivity contribution in [2.24, 2.45) is 0 Å². The monoisotopic (exact) mass is 318 g/mol. The molecule has 1 aromatic heterocycles. The van der Waals surface area contributed by atoms with Crippen LogP contribution in [-0.4, -0.2) is 41.5 Å². The molecule has 0 saturated heterocycles. The van der Waals surface area contributed by atoms with Gasteiger partial charge in [-0.1, -0.05) is 13.3 Å². The molecule has 0 spiro atoms. The summed E-state index contributed by atoms with van der Waals surface area (Å²) in [4.78, 5) is 30.6. The first kappa shape index (κ1) is 17.0. The molecule has 7 nitrogen and oxygen atoms in total. The van der Waals surface area contributed by atoms with Crippen molar-refractivity contribution in [3.8, 4) is 0 Å². The molecule has 0 radical (unpaired) electrons. The maximum absolute atomic E-state index is 11.8. The molecule has 0 unspecified atom stereocenters. The van der Waals surface area contributed by atoms with Gasteiger partial charge < -0.3 is 20.4 Å². The summed E-state index contributed by atoms with van der Waals surface area (Å²) in [6, 6.07) is 5.21. The van der Waals surface area contributed by atoms with Gasteiger partial charge in [0, 0.05) is 25.4 Å². The van der Waals surface area contributed by atoms with E-state index in [1.807, 2.05) is 0 Å². The molecule has 2 rings (SSSR count). The molecule has 0 aliphatic rings. The van der Waals surface area contributed by atoms with Crippen LogP contribution in [0, 0.1) is 0 Å². The Hall–Kier alpha value is -2.41. The molecule has 0 aliphatic carbocycles. The number of anilines is 1. The van der Waals surface area contributed by atoms with Crippen molar-refractivity contribution in [3.05, 3.63) is 24.5 Å². The van der Waals surface area contributed by atoms with Crippen molar-refractivity contribution in [3.63, 3.8) is 0 Å². The van der Waals surface area contributed by atoms with Crippen molar-refractivity contribution in [1.82, 2.24) is 15.3 Å². The first-order valence-electron chi connectivity index (χ1n) is 7.80. The van der Waals surface area contributed by atoms with Gasteiger partial charge >= 0.3 is 11.8 Å². The lowest BCUT2D eigenvalue weighted by atomic mass is 10.2. The number of unbranched alkanes of at least 4 members (excludes halogenated alkanes) is 1. The summed E-state index contributed by atoms with van der Waals surface area (Å²) < 4.78 is 5.38. The quantitative estimate of drug-likeness (QED) is 0.511. The number of nitrogens with zero attached hydrogens (tertiary/aromatic N) is 1. The highest BCUT2D eigenvalue weighted by Gasteiger charge is 2.13. The summed E-state index contributed by atoms with van der Waals surface area (Å²) >= 11 is 0. The van der Waals surface area contributed by atoms with Gasteiger partial charge in [-0.15, -0.1) is 0 Å². The average molecular weight is 318 g/mol. The topological polar surface area (TPSA) is 96.1 Å². The molecule has 1 heterocycles. The molecule has 2 aromatic rings. The molecule has 124 valence electrons. The Kier molecular flexibility index (Phi) is 6.56. The molecule has 23 heavy (non-hydrogen) atoms. The molecule has 7 heteroatoms. The van der Waals surface area contributed by atoms with Crippen LogP contribution in [-0.2, 0) is 14.3 Å². The summed E-state index contributed by atoms with van der Waals surface area (Å²) in [7, 11) is 0. The maximum Gasteiger partial charge on any atom is 0.313 e. The largest absolute Gasteiger partial charge is 0.381 e. The first-order valence-corrected chi connectivity index (χ1v) is 7.80. The molecule has 0 aliphatic heterocycles. The number of aromatic nitrogens is 2. The number of H-pyrrole nitrogens is 1. The fourth-order valence-corrected chi connectivity index (χ4v) is 2.01. The minimum absolute atomic E-state index is 0.415. The van der Waals surface area contributed by atoms with E-state index in [0.717, 1.165) is 30.5 Å². The van der Waals surface area contributed by atoms with E-state index < -0.39 is 11.8 Å². The van der Waals surface area contributed by atoms with Gasteiger partial charge in [-0.25, -0.2) is 4.98 Å². The second kappa shape index (κ2) is 8.89. The number of nitrogens with one attached hydrogen (secondary N) is 3. The number of aromatic amines is 1. The third kappa shape index (κ3) is 5.37. The van der Waals surface area contributed by atoms with Crippen molar-refractivity contribution >= 4 is 28.5 Å². The van der Waals surface area contributed by atoms with Gasteiger partial charge in [0.2, 0.25) is 0 Å². The highest BCUT2D eigenvalue weighted by molar-refractivity contribution is 6.39. The summed E-state index contributed by atoms with van der Waals surface area (Å²) in [5.74, 6) is -1.33. The Morgan fingerprint density at radius 3 is 2.87 bits per heavy atom. The number of hydrogen-bond donors (Lipinski definition) is 3. The highest BCUT2D eigenvalue weighted by atomic mass is 16.5. The fraction of sp³-hybridized carbons (Fsp3) is 0.438. The molecule has 3 N–H and O–H groups in total. The lowest BCUT2D eigenvalue weighted by Gasteiger charge is -2.07. The standard InChI is InChI=1S/C16H22N4O3/c1-2-3-8-23-9-4-7-17-15(21)16(22)20-12-5-6-13-14(10-12)19-11-18-13/h5-6,10-11H,2-4,7-9H2,1H3,(H,17,21)(H,18,19)(H,20,22). The first-order chi connectivity index (χ1) is 11.2. The number of rotatable bonds is 8. The third-order valence-corrected chi connectivity index (χ3v) is 3.28. The van der Waals surface area contributed by atoms with Crippen LogP contribution in [0.2, 0.25) is 0 Å². The van der Waals surface area contributed by atoms with E-state index in [1.54, 1.807) is 24.5 Å². The molecule has 1 aromatic carbocycles. The summed E-state index contributed by atoms with van der Waals surface area (Å²) in [5.41, 5.74) is 2.15. The minimum Gasteiger partial charge on any atom is -0.381 e. The minimum atomic E-state index is -0.684. The lowest BCUT2D eigenvalue weighted by Crippen LogP contribution is -2.36. The summed E-state index contributed by atoms with van der Waals surface area (Å²) in [5, 5.41) is 5.14. The number of imidazole rings is 1. The van der Waals surface area contributed by atoms with Crippen molar-refractivity contribution in [2.45, 2.75) is 26.2 Å². The predicted octanol–water partition coefficient (Wildman–Crippen LogP) is 1.82. The average Bonchev–Trinajstić information content (AvgIpc) is 3.01. The molecule has 2 amide bonds. The van der Waals surface area contributed by atoms with Crippen LogP contribution in [0.15, 0.2) is 24.5 Å². The second-order valence-electron chi connectivity index (χ2n) is 5.16.